The van der Waals surface area contributed by atoms with Crippen LogP contribution in [0.5, 0.6) is 5.75 Å². The average molecular weight is 339 g/mol. The molecule has 2 aromatic carbocycles. The number of likely N-dealkylation sites (tertiary alicyclic amines) is 1. The highest BCUT2D eigenvalue weighted by Crippen LogP contribution is 2.36. The van der Waals surface area contributed by atoms with E-state index in [1.165, 1.54) is 17.2 Å². The molecule has 3 nitrogen and oxygen atoms in total. The predicted molar refractivity (Wildman–Crippen MR) is 94.2 cm³/mol. The third-order valence-electron chi connectivity index (χ3n) is 5.40. The molecule has 3 atom stereocenters. The number of ether oxygens (including phenoxy) is 1. The fourth-order valence-electron chi connectivity index (χ4n) is 3.97. The molecule has 0 aromatic heterocycles. The van der Waals surface area contributed by atoms with Gasteiger partial charge in [0.2, 0.25) is 0 Å². The molecule has 25 heavy (non-hydrogen) atoms. The number of carbonyl (C=O) groups excluding carboxylic acids is 1. The van der Waals surface area contributed by atoms with Crippen LogP contribution in [-0.4, -0.2) is 29.5 Å². The van der Waals surface area contributed by atoms with Gasteiger partial charge < -0.3 is 9.64 Å². The van der Waals surface area contributed by atoms with Crippen molar-refractivity contribution in [1.82, 2.24) is 4.90 Å². The molecule has 0 N–H and O–H groups in total. The summed E-state index contributed by atoms with van der Waals surface area (Å²) < 4.78 is 19.5. The van der Waals surface area contributed by atoms with Crippen LogP contribution < -0.4 is 4.74 Å². The average Bonchev–Trinajstić information content (AvgIpc) is 3.20. The second-order valence-corrected chi connectivity index (χ2v) is 7.22. The van der Waals surface area contributed by atoms with Gasteiger partial charge in [-0.1, -0.05) is 42.0 Å². The number of benzene rings is 2. The van der Waals surface area contributed by atoms with Gasteiger partial charge in [-0.05, 0) is 31.9 Å². The Morgan fingerprint density at radius 2 is 1.96 bits per heavy atom. The highest BCUT2D eigenvalue weighted by molar-refractivity contribution is 5.83. The molecule has 1 fully saturated rings. The maximum absolute atomic E-state index is 13.8. The van der Waals surface area contributed by atoms with Crippen LogP contribution in [-0.2, 0) is 11.2 Å². The van der Waals surface area contributed by atoms with Gasteiger partial charge in [0.05, 0.1) is 0 Å². The van der Waals surface area contributed by atoms with Gasteiger partial charge in [-0.3, -0.25) is 4.79 Å². The first kappa shape index (κ1) is 16.1. The number of rotatable bonds is 2. The summed E-state index contributed by atoms with van der Waals surface area (Å²) in [7, 11) is 0. The summed E-state index contributed by atoms with van der Waals surface area (Å²) in [6.07, 6.45) is 0.791. The molecular formula is C21H22FNO2. The Morgan fingerprint density at radius 1 is 1.20 bits per heavy atom. The molecule has 0 aliphatic carbocycles. The molecule has 1 saturated heterocycles. The molecule has 0 unspecified atom stereocenters. The maximum Gasteiger partial charge on any atom is 0.264 e. The van der Waals surface area contributed by atoms with Crippen LogP contribution in [0, 0.1) is 12.7 Å². The van der Waals surface area contributed by atoms with Crippen LogP contribution in [0.4, 0.5) is 4.39 Å². The van der Waals surface area contributed by atoms with Crippen LogP contribution in [0.2, 0.25) is 0 Å². The molecule has 0 bridgehead atoms. The standard InChI is InChI=1S/C21H22FNO2/c1-13-6-8-15(9-7-13)17-10-14(2)23(12-17)21(24)19-11-16-4-3-5-18(22)20(16)25-19/h3-9,14,17,19H,10-12H2,1-2H3/t14-,17+,19+/m0/s1. The Bertz CT molecular complexity index is 802. The van der Waals surface area contributed by atoms with E-state index in [0.29, 0.717) is 18.9 Å². The van der Waals surface area contributed by atoms with Gasteiger partial charge in [-0.15, -0.1) is 0 Å². The summed E-state index contributed by atoms with van der Waals surface area (Å²) in [6.45, 7) is 4.85. The van der Waals surface area contributed by atoms with Crippen molar-refractivity contribution in [3.63, 3.8) is 0 Å². The number of amides is 1. The van der Waals surface area contributed by atoms with E-state index >= 15 is 0 Å². The molecule has 2 aromatic rings. The SMILES string of the molecule is Cc1ccc([C@@H]2C[C@H](C)N(C(=O)[C@H]3Cc4cccc(F)c4O3)C2)cc1. The lowest BCUT2D eigenvalue weighted by molar-refractivity contribution is -0.138. The van der Waals surface area contributed by atoms with E-state index in [4.69, 9.17) is 4.74 Å². The van der Waals surface area contributed by atoms with Crippen LogP contribution in [0.1, 0.15) is 36.0 Å². The van der Waals surface area contributed by atoms with Crippen molar-refractivity contribution in [2.75, 3.05) is 6.54 Å². The van der Waals surface area contributed by atoms with Gasteiger partial charge >= 0.3 is 0 Å². The van der Waals surface area contributed by atoms with E-state index in [0.717, 1.165) is 12.0 Å². The molecule has 130 valence electrons. The summed E-state index contributed by atoms with van der Waals surface area (Å²) in [5.74, 6) is 0.167. The molecular weight excluding hydrogens is 317 g/mol. The normalized spacial score (nSPS) is 24.9. The highest BCUT2D eigenvalue weighted by atomic mass is 19.1. The lowest BCUT2D eigenvalue weighted by atomic mass is 9.96. The van der Waals surface area contributed by atoms with Gasteiger partial charge in [-0.2, -0.15) is 0 Å². The van der Waals surface area contributed by atoms with Crippen molar-refractivity contribution < 1.29 is 13.9 Å². The summed E-state index contributed by atoms with van der Waals surface area (Å²) in [4.78, 5) is 14.8. The Morgan fingerprint density at radius 3 is 2.68 bits per heavy atom. The molecule has 4 heteroatoms. The van der Waals surface area contributed by atoms with E-state index in [-0.39, 0.29) is 23.5 Å². The zero-order valence-electron chi connectivity index (χ0n) is 14.5. The summed E-state index contributed by atoms with van der Waals surface area (Å²) >= 11 is 0. The fourth-order valence-corrected chi connectivity index (χ4v) is 3.97. The lowest BCUT2D eigenvalue weighted by Gasteiger charge is -2.24. The van der Waals surface area contributed by atoms with Gasteiger partial charge in [0.25, 0.3) is 5.91 Å². The minimum absolute atomic E-state index is 0.0299. The monoisotopic (exact) mass is 339 g/mol. The molecule has 0 radical (unpaired) electrons. The van der Waals surface area contributed by atoms with E-state index in [2.05, 4.69) is 38.1 Å². The Labute approximate surface area is 147 Å². The predicted octanol–water partition coefficient (Wildman–Crippen LogP) is 3.84. The van der Waals surface area contributed by atoms with Crippen LogP contribution in [0.25, 0.3) is 0 Å². The van der Waals surface area contributed by atoms with E-state index < -0.39 is 6.10 Å². The van der Waals surface area contributed by atoms with E-state index in [1.807, 2.05) is 11.0 Å². The first-order valence-corrected chi connectivity index (χ1v) is 8.84. The number of para-hydroxylation sites is 1. The lowest BCUT2D eigenvalue weighted by Crippen LogP contribution is -2.43. The van der Waals surface area contributed by atoms with Crippen LogP contribution in [0.3, 0.4) is 0 Å². The quantitative estimate of drug-likeness (QED) is 0.832. The van der Waals surface area contributed by atoms with Crippen LogP contribution in [0.15, 0.2) is 42.5 Å². The molecule has 4 rings (SSSR count). The minimum Gasteiger partial charge on any atom is -0.477 e. The third kappa shape index (κ3) is 2.90. The van der Waals surface area contributed by atoms with E-state index in [1.54, 1.807) is 6.07 Å². The molecule has 2 heterocycles. The largest absolute Gasteiger partial charge is 0.477 e. The molecule has 0 saturated carbocycles. The highest BCUT2D eigenvalue weighted by Gasteiger charge is 2.40. The zero-order valence-corrected chi connectivity index (χ0v) is 14.5. The Balaban J connectivity index is 1.48. The summed E-state index contributed by atoms with van der Waals surface area (Å²) in [6, 6.07) is 13.6. The Hall–Kier alpha value is -2.36. The second kappa shape index (κ2) is 6.17. The van der Waals surface area contributed by atoms with Gasteiger partial charge in [0, 0.05) is 30.5 Å². The third-order valence-corrected chi connectivity index (χ3v) is 5.40. The first-order valence-electron chi connectivity index (χ1n) is 8.84. The van der Waals surface area contributed by atoms with Gasteiger partial charge in [0.15, 0.2) is 17.7 Å². The smallest absolute Gasteiger partial charge is 0.264 e. The van der Waals surface area contributed by atoms with Crippen LogP contribution >= 0.6 is 0 Å². The molecule has 2 aliphatic heterocycles. The fraction of sp³-hybridized carbons (Fsp3) is 0.381. The van der Waals surface area contributed by atoms with E-state index in [9.17, 15) is 9.18 Å². The zero-order chi connectivity index (χ0) is 17.6. The Kier molecular flexibility index (Phi) is 3.98. The number of hydrogen-bond donors (Lipinski definition) is 0. The van der Waals surface area contributed by atoms with Gasteiger partial charge in [0.1, 0.15) is 0 Å². The second-order valence-electron chi connectivity index (χ2n) is 7.22. The topological polar surface area (TPSA) is 29.5 Å². The number of hydrogen-bond acceptors (Lipinski definition) is 2. The minimum atomic E-state index is -0.605. The number of nitrogens with zero attached hydrogens (tertiary/aromatic N) is 1. The van der Waals surface area contributed by atoms with Gasteiger partial charge in [-0.25, -0.2) is 4.39 Å². The van der Waals surface area contributed by atoms with Crippen molar-refractivity contribution in [3.8, 4) is 5.75 Å². The number of fused-ring (bicyclic) bond motifs is 1. The number of carbonyl (C=O) groups is 1. The van der Waals surface area contributed by atoms with Crippen molar-refractivity contribution in [2.24, 2.45) is 0 Å². The molecule has 2 aliphatic rings. The number of halogens is 1. The molecule has 1 amide bonds. The summed E-state index contributed by atoms with van der Waals surface area (Å²) in [5, 5.41) is 0. The first-order chi connectivity index (χ1) is 12.0. The number of aryl methyl sites for hydroxylation is 1. The van der Waals surface area contributed by atoms with Crippen molar-refractivity contribution in [1.29, 1.82) is 0 Å². The molecule has 0 spiro atoms. The van der Waals surface area contributed by atoms with Crippen molar-refractivity contribution in [2.45, 2.75) is 44.8 Å². The maximum atomic E-state index is 13.8. The van der Waals surface area contributed by atoms with Crippen molar-refractivity contribution in [3.05, 3.63) is 65.0 Å². The summed E-state index contributed by atoms with van der Waals surface area (Å²) in [5.41, 5.74) is 3.29. The van der Waals surface area contributed by atoms with Crippen molar-refractivity contribution >= 4 is 5.91 Å².